The van der Waals surface area contributed by atoms with Crippen molar-refractivity contribution in [3.8, 4) is 17.2 Å². The maximum absolute atomic E-state index is 14.3. The zero-order valence-corrected chi connectivity index (χ0v) is 24.8. The van der Waals surface area contributed by atoms with Gasteiger partial charge >= 0.3 is 0 Å². The van der Waals surface area contributed by atoms with Gasteiger partial charge in [-0.15, -0.1) is 11.3 Å². The van der Waals surface area contributed by atoms with Crippen molar-refractivity contribution in [1.29, 1.82) is 0 Å². The predicted octanol–water partition coefficient (Wildman–Crippen LogP) is 6.14. The fourth-order valence-electron chi connectivity index (χ4n) is 5.16. The van der Waals surface area contributed by atoms with Crippen LogP contribution >= 0.6 is 23.1 Å². The van der Waals surface area contributed by atoms with Gasteiger partial charge in [0.25, 0.3) is 5.56 Å². The third kappa shape index (κ3) is 5.57. The predicted molar refractivity (Wildman–Crippen MR) is 164 cm³/mol. The monoisotopic (exact) mass is 601 g/mol. The normalized spacial score (nSPS) is 13.2. The van der Waals surface area contributed by atoms with Gasteiger partial charge in [0.1, 0.15) is 10.6 Å². The fourth-order valence-corrected chi connectivity index (χ4v) is 7.37. The highest BCUT2D eigenvalue weighted by Crippen LogP contribution is 2.35. The van der Waals surface area contributed by atoms with E-state index in [0.717, 1.165) is 48.3 Å². The fraction of sp³-hybridized carbons (Fsp3) is 0.219. The molecule has 10 heteroatoms. The number of aromatic nitrogens is 2. The maximum atomic E-state index is 14.3. The van der Waals surface area contributed by atoms with Crippen molar-refractivity contribution in [2.24, 2.45) is 0 Å². The first-order chi connectivity index (χ1) is 20.4. The van der Waals surface area contributed by atoms with E-state index in [0.29, 0.717) is 26.8 Å². The maximum Gasteiger partial charge on any atom is 0.267 e. The highest BCUT2D eigenvalue weighted by atomic mass is 32.2. The lowest BCUT2D eigenvalue weighted by Gasteiger charge is -2.26. The second kappa shape index (κ2) is 12.1. The third-order valence-electron chi connectivity index (χ3n) is 7.31. The van der Waals surface area contributed by atoms with Crippen molar-refractivity contribution in [3.63, 3.8) is 0 Å². The number of rotatable bonds is 9. The number of ether oxygens (including phenoxy) is 2. The Kier molecular flexibility index (Phi) is 8.10. The molecule has 214 valence electrons. The van der Waals surface area contributed by atoms with Crippen LogP contribution in [0.4, 0.5) is 4.39 Å². The van der Waals surface area contributed by atoms with E-state index in [4.69, 9.17) is 14.5 Å². The van der Waals surface area contributed by atoms with E-state index in [2.05, 4.69) is 17.0 Å². The molecule has 0 atom stereocenters. The lowest BCUT2D eigenvalue weighted by Crippen LogP contribution is -2.30. The van der Waals surface area contributed by atoms with Crippen molar-refractivity contribution < 1.29 is 18.7 Å². The summed E-state index contributed by atoms with van der Waals surface area (Å²) in [4.78, 5) is 36.3. The molecule has 0 unspecified atom stereocenters. The molecule has 2 aromatic heterocycles. The highest BCUT2D eigenvalue weighted by Gasteiger charge is 2.26. The molecular formula is C32H28FN3O4S2. The molecule has 0 radical (unpaired) electrons. The Morgan fingerprint density at radius 2 is 1.83 bits per heavy atom. The Morgan fingerprint density at radius 1 is 1.05 bits per heavy atom. The zero-order valence-electron chi connectivity index (χ0n) is 23.1. The summed E-state index contributed by atoms with van der Waals surface area (Å²) in [6.07, 6.45) is 0.760. The van der Waals surface area contributed by atoms with E-state index < -0.39 is 5.82 Å². The van der Waals surface area contributed by atoms with Crippen LogP contribution in [0.15, 0.2) is 82.7 Å². The Balaban J connectivity index is 1.36. The van der Waals surface area contributed by atoms with Gasteiger partial charge in [-0.3, -0.25) is 19.1 Å². The molecule has 0 aliphatic carbocycles. The minimum absolute atomic E-state index is 0.0180. The Labute approximate surface area is 250 Å². The number of benzene rings is 3. The molecule has 1 aliphatic rings. The Bertz CT molecular complexity index is 1820. The molecule has 0 fully saturated rings. The molecule has 0 saturated heterocycles. The molecule has 0 N–H and O–H groups in total. The standard InChI is InChI=1S/C32H28FN3O4S2/c1-39-23-11-9-22(10-12-23)36-31(38)29-24-14-15-35(17-20-6-4-3-5-7-20)18-28(24)42-30(29)34-32(36)41-19-26(37)21-8-13-27(40-2)25(33)16-21/h3-13,16H,14-15,17-19H2,1-2H3. The summed E-state index contributed by atoms with van der Waals surface area (Å²) in [6, 6.07) is 21.7. The number of nitrogens with zero attached hydrogens (tertiary/aromatic N) is 3. The second-order valence-corrected chi connectivity index (χ2v) is 12.0. The SMILES string of the molecule is COc1ccc(-n2c(SCC(=O)c3ccc(OC)c(F)c3)nc3sc4c(c3c2=O)CCN(Cc2ccccc2)C4)cc1. The van der Waals surface area contributed by atoms with Crippen LogP contribution in [0.1, 0.15) is 26.4 Å². The van der Waals surface area contributed by atoms with Crippen molar-refractivity contribution in [1.82, 2.24) is 14.5 Å². The molecule has 0 saturated carbocycles. The summed E-state index contributed by atoms with van der Waals surface area (Å²) in [5.74, 6) is -0.162. The quantitative estimate of drug-likeness (QED) is 0.114. The number of halogens is 1. The van der Waals surface area contributed by atoms with Gasteiger partial charge in [-0.25, -0.2) is 9.37 Å². The summed E-state index contributed by atoms with van der Waals surface area (Å²) in [7, 11) is 2.96. The minimum Gasteiger partial charge on any atom is -0.497 e. The van der Waals surface area contributed by atoms with Crippen molar-refractivity contribution in [2.75, 3.05) is 26.5 Å². The van der Waals surface area contributed by atoms with E-state index >= 15 is 0 Å². The second-order valence-electron chi connectivity index (χ2n) is 9.92. The topological polar surface area (TPSA) is 73.7 Å². The van der Waals surface area contributed by atoms with Crippen LogP contribution in [0.2, 0.25) is 0 Å². The van der Waals surface area contributed by atoms with Crippen LogP contribution in [-0.4, -0.2) is 46.8 Å². The van der Waals surface area contributed by atoms with E-state index in [1.165, 1.54) is 30.9 Å². The molecule has 1 aliphatic heterocycles. The molecule has 0 amide bonds. The van der Waals surface area contributed by atoms with E-state index in [-0.39, 0.29) is 28.4 Å². The number of methoxy groups -OCH3 is 2. The molecule has 3 aromatic carbocycles. The number of carbonyl (C=O) groups excluding carboxylic acids is 1. The summed E-state index contributed by atoms with van der Waals surface area (Å²) >= 11 is 2.70. The number of ketones is 1. The molecular weight excluding hydrogens is 574 g/mol. The molecule has 5 aromatic rings. The molecule has 0 bridgehead atoms. The summed E-state index contributed by atoms with van der Waals surface area (Å²) in [6.45, 7) is 2.43. The van der Waals surface area contributed by atoms with E-state index in [1.807, 2.05) is 18.2 Å². The number of Topliss-reactive ketones (excluding diaryl/α,β-unsaturated/α-hetero) is 1. The highest BCUT2D eigenvalue weighted by molar-refractivity contribution is 7.99. The average molecular weight is 602 g/mol. The average Bonchev–Trinajstić information content (AvgIpc) is 3.38. The van der Waals surface area contributed by atoms with Gasteiger partial charge in [0.05, 0.1) is 31.0 Å². The Hall–Kier alpha value is -3.99. The van der Waals surface area contributed by atoms with Crippen LogP contribution in [0, 0.1) is 5.82 Å². The van der Waals surface area contributed by atoms with Gasteiger partial charge in [0, 0.05) is 30.1 Å². The number of fused-ring (bicyclic) bond motifs is 3. The Morgan fingerprint density at radius 3 is 2.55 bits per heavy atom. The van der Waals surface area contributed by atoms with Crippen LogP contribution < -0.4 is 15.0 Å². The van der Waals surface area contributed by atoms with Crippen molar-refractivity contribution in [3.05, 3.63) is 111 Å². The minimum atomic E-state index is -0.603. The van der Waals surface area contributed by atoms with Crippen molar-refractivity contribution in [2.45, 2.75) is 24.7 Å². The van der Waals surface area contributed by atoms with E-state index in [1.54, 1.807) is 47.3 Å². The van der Waals surface area contributed by atoms with Gasteiger partial charge in [-0.2, -0.15) is 0 Å². The van der Waals surface area contributed by atoms with Crippen LogP contribution in [0.25, 0.3) is 15.9 Å². The summed E-state index contributed by atoms with van der Waals surface area (Å²) in [5, 5.41) is 1.04. The number of thioether (sulfide) groups is 1. The first kappa shape index (κ1) is 28.1. The largest absolute Gasteiger partial charge is 0.497 e. The zero-order chi connectivity index (χ0) is 29.2. The number of carbonyl (C=O) groups is 1. The summed E-state index contributed by atoms with van der Waals surface area (Å²) in [5.41, 5.74) is 3.00. The van der Waals surface area contributed by atoms with Gasteiger partial charge in [0.2, 0.25) is 0 Å². The summed E-state index contributed by atoms with van der Waals surface area (Å²) < 4.78 is 26.1. The lowest BCUT2D eigenvalue weighted by atomic mass is 10.0. The molecule has 3 heterocycles. The van der Waals surface area contributed by atoms with Gasteiger partial charge in [-0.05, 0) is 60.0 Å². The van der Waals surface area contributed by atoms with Gasteiger partial charge in [0.15, 0.2) is 22.5 Å². The van der Waals surface area contributed by atoms with Gasteiger partial charge in [-0.1, -0.05) is 42.1 Å². The van der Waals surface area contributed by atoms with Crippen LogP contribution in [0.3, 0.4) is 0 Å². The van der Waals surface area contributed by atoms with Crippen LogP contribution in [0.5, 0.6) is 11.5 Å². The van der Waals surface area contributed by atoms with Gasteiger partial charge < -0.3 is 9.47 Å². The molecule has 0 spiro atoms. The van der Waals surface area contributed by atoms with E-state index in [9.17, 15) is 14.0 Å². The number of hydrogen-bond acceptors (Lipinski definition) is 8. The molecule has 7 nitrogen and oxygen atoms in total. The first-order valence-electron chi connectivity index (χ1n) is 13.4. The lowest BCUT2D eigenvalue weighted by molar-refractivity contribution is 0.102. The third-order valence-corrected chi connectivity index (χ3v) is 9.36. The smallest absolute Gasteiger partial charge is 0.267 e. The molecule has 6 rings (SSSR count). The van der Waals surface area contributed by atoms with Crippen molar-refractivity contribution >= 4 is 39.1 Å². The van der Waals surface area contributed by atoms with Crippen LogP contribution in [-0.2, 0) is 19.5 Å². The number of thiophene rings is 1. The first-order valence-corrected chi connectivity index (χ1v) is 15.2. The molecule has 42 heavy (non-hydrogen) atoms. The number of hydrogen-bond donors (Lipinski definition) is 0.